The molecule has 1 atom stereocenters. The highest BCUT2D eigenvalue weighted by molar-refractivity contribution is 5.95. The lowest BCUT2D eigenvalue weighted by molar-refractivity contribution is 0.0937. The molecule has 4 rings (SSSR count). The van der Waals surface area contributed by atoms with Crippen molar-refractivity contribution in [1.29, 1.82) is 0 Å². The summed E-state index contributed by atoms with van der Waals surface area (Å²) in [5.41, 5.74) is 2.43. The maximum Gasteiger partial charge on any atom is 0.349 e. The number of nitrogens with one attached hydrogen (secondary N) is 2. The molecule has 1 aliphatic carbocycles. The highest BCUT2D eigenvalue weighted by Gasteiger charge is 2.43. The second kappa shape index (κ2) is 10.2. The molecular weight excluding hydrogens is 439 g/mol. The molecule has 1 aliphatic heterocycles. The van der Waals surface area contributed by atoms with E-state index in [1.165, 1.54) is 0 Å². The lowest BCUT2D eigenvalue weighted by atomic mass is 9.95. The average Bonchev–Trinajstić information content (AvgIpc) is 3.38. The van der Waals surface area contributed by atoms with Crippen molar-refractivity contribution in [2.24, 2.45) is 5.41 Å². The number of carbonyl (C=O) groups is 1. The number of halogens is 2. The van der Waals surface area contributed by atoms with Gasteiger partial charge in [-0.3, -0.25) is 9.48 Å². The molecule has 0 spiro atoms. The van der Waals surface area contributed by atoms with Gasteiger partial charge in [-0.05, 0) is 70.7 Å². The first kappa shape index (κ1) is 25.4. The zero-order valence-corrected chi connectivity index (χ0v) is 20.0. The number of rotatable bonds is 6. The molecule has 3 heterocycles. The molecule has 1 amide bonds. The van der Waals surface area contributed by atoms with Crippen molar-refractivity contribution in [3.8, 4) is 0 Å². The fourth-order valence-electron chi connectivity index (χ4n) is 4.28. The van der Waals surface area contributed by atoms with Gasteiger partial charge in [0, 0.05) is 36.7 Å². The Balaban J connectivity index is 0.00000171. The molecule has 2 fully saturated rings. The topological polar surface area (TPSA) is 89.2 Å². The molecule has 2 aromatic rings. The lowest BCUT2D eigenvalue weighted by Crippen LogP contribution is -2.36. The first-order valence-corrected chi connectivity index (χ1v) is 10.5. The summed E-state index contributed by atoms with van der Waals surface area (Å²) in [4.78, 5) is 25.3. The molecule has 0 bridgehead atoms. The molecule has 0 aromatic carbocycles. The van der Waals surface area contributed by atoms with Crippen LogP contribution < -0.4 is 16.3 Å². The van der Waals surface area contributed by atoms with Crippen molar-refractivity contribution >= 4 is 30.7 Å². The maximum absolute atomic E-state index is 12.8. The summed E-state index contributed by atoms with van der Waals surface area (Å²) in [6, 6.07) is 3.92. The van der Waals surface area contributed by atoms with Crippen LogP contribution in [0.3, 0.4) is 0 Å². The van der Waals surface area contributed by atoms with Gasteiger partial charge in [0.2, 0.25) is 0 Å². The third-order valence-electron chi connectivity index (χ3n) is 6.26. The summed E-state index contributed by atoms with van der Waals surface area (Å²) < 4.78 is 7.56. The highest BCUT2D eigenvalue weighted by Crippen LogP contribution is 2.46. The van der Waals surface area contributed by atoms with Crippen LogP contribution in [0.15, 0.2) is 21.3 Å². The Hall–Kier alpha value is -1.83. The van der Waals surface area contributed by atoms with Gasteiger partial charge in [0.05, 0.1) is 5.69 Å². The Morgan fingerprint density at radius 1 is 1.29 bits per heavy atom. The second-order valence-electron chi connectivity index (χ2n) is 8.80. The molecule has 0 radical (unpaired) electrons. The monoisotopic (exact) mass is 470 g/mol. The van der Waals surface area contributed by atoms with Crippen LogP contribution in [-0.2, 0) is 6.54 Å². The molecule has 7 nitrogen and oxygen atoms in total. The largest absolute Gasteiger partial charge is 0.427 e. The average molecular weight is 471 g/mol. The predicted octanol–water partition coefficient (Wildman–Crippen LogP) is 3.28. The minimum absolute atomic E-state index is 0. The third-order valence-corrected chi connectivity index (χ3v) is 6.26. The molecule has 1 unspecified atom stereocenters. The van der Waals surface area contributed by atoms with Crippen LogP contribution in [0.2, 0.25) is 0 Å². The van der Waals surface area contributed by atoms with E-state index in [0.717, 1.165) is 56.7 Å². The minimum Gasteiger partial charge on any atom is -0.427 e. The predicted molar refractivity (Wildman–Crippen MR) is 125 cm³/mol. The summed E-state index contributed by atoms with van der Waals surface area (Å²) in [5, 5.41) is 10.8. The van der Waals surface area contributed by atoms with Crippen LogP contribution in [0.25, 0.3) is 0 Å². The standard InChI is InChI=1S/C22H30N4O3.2ClH/c1-14-9-18(17-5-4-8-23-11-17)29-21(28)19(14)20(27)24-12-22(6-7-22)13-26-16(3)10-15(2)25-26;;/h9-10,17,23H,4-8,11-13H2,1-3H3,(H,24,27);2*1H. The number of piperidine rings is 1. The summed E-state index contributed by atoms with van der Waals surface area (Å²) in [6.07, 6.45) is 4.16. The first-order chi connectivity index (χ1) is 13.9. The molecule has 172 valence electrons. The number of hydrogen-bond donors (Lipinski definition) is 2. The number of nitrogens with zero attached hydrogens (tertiary/aromatic N) is 2. The fourth-order valence-corrected chi connectivity index (χ4v) is 4.28. The molecule has 2 N–H and O–H groups in total. The second-order valence-corrected chi connectivity index (χ2v) is 8.80. The number of aryl methyl sites for hydroxylation is 3. The van der Waals surface area contributed by atoms with Gasteiger partial charge in [-0.15, -0.1) is 24.8 Å². The van der Waals surface area contributed by atoms with Crippen molar-refractivity contribution in [3.63, 3.8) is 0 Å². The highest BCUT2D eigenvalue weighted by atomic mass is 35.5. The van der Waals surface area contributed by atoms with Crippen molar-refractivity contribution < 1.29 is 9.21 Å². The van der Waals surface area contributed by atoms with E-state index in [-0.39, 0.29) is 47.6 Å². The van der Waals surface area contributed by atoms with Gasteiger partial charge < -0.3 is 15.1 Å². The molecule has 1 saturated heterocycles. The summed E-state index contributed by atoms with van der Waals surface area (Å²) in [7, 11) is 0. The van der Waals surface area contributed by atoms with Crippen LogP contribution >= 0.6 is 24.8 Å². The Kier molecular flexibility index (Phi) is 8.36. The number of hydrogen-bond acceptors (Lipinski definition) is 5. The molecule has 31 heavy (non-hydrogen) atoms. The van der Waals surface area contributed by atoms with E-state index in [1.54, 1.807) is 0 Å². The van der Waals surface area contributed by atoms with Crippen LogP contribution in [0.1, 0.15) is 64.7 Å². The Bertz CT molecular complexity index is 976. The van der Waals surface area contributed by atoms with E-state index in [2.05, 4.69) is 21.8 Å². The van der Waals surface area contributed by atoms with E-state index in [0.29, 0.717) is 17.9 Å². The first-order valence-electron chi connectivity index (χ1n) is 10.5. The third kappa shape index (κ3) is 5.70. The zero-order chi connectivity index (χ0) is 20.6. The van der Waals surface area contributed by atoms with Gasteiger partial charge in [-0.25, -0.2) is 4.79 Å². The van der Waals surface area contributed by atoms with Gasteiger partial charge in [0.15, 0.2) is 0 Å². The summed E-state index contributed by atoms with van der Waals surface area (Å²) in [5.74, 6) is 0.534. The van der Waals surface area contributed by atoms with Gasteiger partial charge in [-0.1, -0.05) is 0 Å². The number of amides is 1. The van der Waals surface area contributed by atoms with Crippen molar-refractivity contribution in [3.05, 3.63) is 50.8 Å². The van der Waals surface area contributed by atoms with Gasteiger partial charge in [0.25, 0.3) is 5.91 Å². The minimum atomic E-state index is -0.536. The Labute approximate surface area is 195 Å². The molecule has 2 aromatic heterocycles. The van der Waals surface area contributed by atoms with Crippen LogP contribution in [0, 0.1) is 26.2 Å². The molecule has 9 heteroatoms. The molecular formula is C22H32Cl2N4O3. The molecule has 1 saturated carbocycles. The normalized spacial score (nSPS) is 19.1. The Morgan fingerprint density at radius 2 is 2.03 bits per heavy atom. The van der Waals surface area contributed by atoms with Crippen molar-refractivity contribution in [2.45, 2.75) is 58.9 Å². The molecule has 2 aliphatic rings. The lowest BCUT2D eigenvalue weighted by Gasteiger charge is -2.22. The summed E-state index contributed by atoms with van der Waals surface area (Å²) in [6.45, 7) is 8.98. The van der Waals surface area contributed by atoms with Crippen molar-refractivity contribution in [2.75, 3.05) is 19.6 Å². The van der Waals surface area contributed by atoms with E-state index >= 15 is 0 Å². The van der Waals surface area contributed by atoms with Gasteiger partial charge >= 0.3 is 5.63 Å². The Morgan fingerprint density at radius 3 is 2.58 bits per heavy atom. The number of carbonyl (C=O) groups excluding carboxylic acids is 1. The fraction of sp³-hybridized carbons (Fsp3) is 0.591. The summed E-state index contributed by atoms with van der Waals surface area (Å²) >= 11 is 0. The van der Waals surface area contributed by atoms with E-state index in [1.807, 2.05) is 31.5 Å². The number of aromatic nitrogens is 2. The van der Waals surface area contributed by atoms with Crippen molar-refractivity contribution in [1.82, 2.24) is 20.4 Å². The SMILES string of the molecule is Cc1cc(C)n(CC2(CNC(=O)c3c(C)cc(C4CCCNC4)oc3=O)CC2)n1.Cl.Cl. The van der Waals surface area contributed by atoms with E-state index in [9.17, 15) is 9.59 Å². The van der Waals surface area contributed by atoms with Crippen LogP contribution in [0.4, 0.5) is 0 Å². The zero-order valence-electron chi connectivity index (χ0n) is 18.3. The quantitative estimate of drug-likeness (QED) is 0.675. The maximum atomic E-state index is 12.8. The van der Waals surface area contributed by atoms with Gasteiger partial charge in [0.1, 0.15) is 11.3 Å². The smallest absolute Gasteiger partial charge is 0.349 e. The van der Waals surface area contributed by atoms with Gasteiger partial charge in [-0.2, -0.15) is 5.10 Å². The van der Waals surface area contributed by atoms with E-state index in [4.69, 9.17) is 4.42 Å². The van der Waals surface area contributed by atoms with Crippen LogP contribution in [0.5, 0.6) is 0 Å². The van der Waals surface area contributed by atoms with Crippen LogP contribution in [-0.4, -0.2) is 35.3 Å². The van der Waals surface area contributed by atoms with E-state index < -0.39 is 5.63 Å².